The third kappa shape index (κ3) is 2.30. The fourth-order valence-electron chi connectivity index (χ4n) is 3.55. The van der Waals surface area contributed by atoms with Crippen molar-refractivity contribution >= 4 is 23.4 Å². The Kier molecular flexibility index (Phi) is 3.53. The minimum absolute atomic E-state index is 0.0730. The van der Waals surface area contributed by atoms with Crippen LogP contribution in [0.3, 0.4) is 0 Å². The van der Waals surface area contributed by atoms with E-state index in [0.717, 1.165) is 40.9 Å². The van der Waals surface area contributed by atoms with Gasteiger partial charge in [-0.15, -0.1) is 11.8 Å². The number of thioether (sulfide) groups is 1. The van der Waals surface area contributed by atoms with Gasteiger partial charge < -0.3 is 9.84 Å². The minimum atomic E-state index is -0.0730. The van der Waals surface area contributed by atoms with Crippen LogP contribution < -0.4 is 5.32 Å². The molecule has 1 aliphatic carbocycles. The van der Waals surface area contributed by atoms with Gasteiger partial charge in [0.1, 0.15) is 0 Å². The molecule has 0 saturated carbocycles. The van der Waals surface area contributed by atoms with E-state index in [4.69, 9.17) is 4.52 Å². The Labute approximate surface area is 139 Å². The third-order valence-corrected chi connectivity index (χ3v) is 5.40. The molecule has 2 heterocycles. The number of nitrogens with one attached hydrogen (secondary N) is 1. The summed E-state index contributed by atoms with van der Waals surface area (Å²) < 4.78 is 5.46. The summed E-state index contributed by atoms with van der Waals surface area (Å²) in [7, 11) is 0. The normalized spacial score (nSPS) is 20.1. The average Bonchev–Trinajstić information content (AvgIpc) is 2.94. The molecule has 1 N–H and O–H groups in total. The lowest BCUT2D eigenvalue weighted by Gasteiger charge is -2.31. The van der Waals surface area contributed by atoms with Gasteiger partial charge in [-0.05, 0) is 43.7 Å². The number of hydrogen-bond acceptors (Lipinski definition) is 5. The summed E-state index contributed by atoms with van der Waals surface area (Å²) >= 11 is 1.72. The summed E-state index contributed by atoms with van der Waals surface area (Å²) in [6, 6.07) is 8.45. The van der Waals surface area contributed by atoms with Crippen LogP contribution in [-0.4, -0.2) is 17.2 Å². The van der Waals surface area contributed by atoms with Gasteiger partial charge in [0, 0.05) is 28.5 Å². The van der Waals surface area contributed by atoms with Crippen molar-refractivity contribution in [1.29, 1.82) is 0 Å². The van der Waals surface area contributed by atoms with Crippen molar-refractivity contribution in [1.82, 2.24) is 5.16 Å². The van der Waals surface area contributed by atoms with E-state index in [0.29, 0.717) is 12.3 Å². The van der Waals surface area contributed by atoms with Crippen molar-refractivity contribution in [3.8, 4) is 0 Å². The molecule has 2 aliphatic rings. The van der Waals surface area contributed by atoms with Crippen LogP contribution in [0.1, 0.15) is 42.0 Å². The molecule has 1 aromatic carbocycles. The predicted molar refractivity (Wildman–Crippen MR) is 90.8 cm³/mol. The summed E-state index contributed by atoms with van der Waals surface area (Å²) in [6.07, 6.45) is 4.47. The molecule has 1 aliphatic heterocycles. The monoisotopic (exact) mass is 326 g/mol. The van der Waals surface area contributed by atoms with Crippen molar-refractivity contribution in [2.24, 2.45) is 0 Å². The number of fused-ring (bicyclic) bond motifs is 1. The number of Topliss-reactive ketones (excluding diaryl/α,β-unsaturated/α-hetero) is 1. The molecule has 0 radical (unpaired) electrons. The van der Waals surface area contributed by atoms with E-state index in [1.54, 1.807) is 11.8 Å². The number of anilines is 1. The van der Waals surface area contributed by atoms with E-state index >= 15 is 0 Å². The summed E-state index contributed by atoms with van der Waals surface area (Å²) in [5.74, 6) is 0.857. The number of allylic oxidation sites excluding steroid dienone is 2. The number of benzene rings is 1. The summed E-state index contributed by atoms with van der Waals surface area (Å²) in [4.78, 5) is 13.8. The van der Waals surface area contributed by atoms with Gasteiger partial charge in [-0.1, -0.05) is 17.3 Å². The van der Waals surface area contributed by atoms with Gasteiger partial charge in [-0.3, -0.25) is 4.79 Å². The molecule has 0 spiro atoms. The van der Waals surface area contributed by atoms with Crippen LogP contribution in [0.4, 0.5) is 5.88 Å². The summed E-state index contributed by atoms with van der Waals surface area (Å²) in [6.45, 7) is 1.94. The Hall–Kier alpha value is -2.01. The number of rotatable bonds is 2. The largest absolute Gasteiger partial charge is 0.338 e. The Bertz CT molecular complexity index is 805. The molecule has 4 nitrogen and oxygen atoms in total. The van der Waals surface area contributed by atoms with E-state index in [-0.39, 0.29) is 11.7 Å². The smallest absolute Gasteiger partial charge is 0.233 e. The van der Waals surface area contributed by atoms with Crippen molar-refractivity contribution in [3.05, 3.63) is 52.4 Å². The second-order valence-electron chi connectivity index (χ2n) is 6.01. The molecule has 0 saturated heterocycles. The third-order valence-electron chi connectivity index (χ3n) is 4.66. The van der Waals surface area contributed by atoms with Crippen molar-refractivity contribution in [2.75, 3.05) is 11.6 Å². The molecule has 23 heavy (non-hydrogen) atoms. The van der Waals surface area contributed by atoms with Gasteiger partial charge in [0.15, 0.2) is 5.78 Å². The molecule has 0 fully saturated rings. The molecule has 4 rings (SSSR count). The highest BCUT2D eigenvalue weighted by Crippen LogP contribution is 2.46. The van der Waals surface area contributed by atoms with Crippen LogP contribution in [0.25, 0.3) is 0 Å². The van der Waals surface area contributed by atoms with Crippen LogP contribution in [0.2, 0.25) is 0 Å². The van der Waals surface area contributed by atoms with E-state index in [1.807, 2.05) is 6.92 Å². The first kappa shape index (κ1) is 14.6. The van der Waals surface area contributed by atoms with Gasteiger partial charge in [0.25, 0.3) is 0 Å². The average molecular weight is 326 g/mol. The molecule has 118 valence electrons. The Morgan fingerprint density at radius 1 is 1.26 bits per heavy atom. The van der Waals surface area contributed by atoms with Crippen molar-refractivity contribution < 1.29 is 9.32 Å². The highest BCUT2D eigenvalue weighted by atomic mass is 32.2. The van der Waals surface area contributed by atoms with Crippen LogP contribution in [0.15, 0.2) is 45.0 Å². The van der Waals surface area contributed by atoms with Crippen LogP contribution in [0.5, 0.6) is 0 Å². The molecule has 1 unspecified atom stereocenters. The fraction of sp³-hybridized carbons (Fsp3) is 0.333. The zero-order valence-electron chi connectivity index (χ0n) is 13.2. The maximum absolute atomic E-state index is 12.6. The molecule has 2 aromatic rings. The molecule has 5 heteroatoms. The number of carbonyl (C=O) groups excluding carboxylic acids is 1. The first-order valence-corrected chi connectivity index (χ1v) is 9.05. The number of hydrogen-bond donors (Lipinski definition) is 1. The van der Waals surface area contributed by atoms with Crippen molar-refractivity contribution in [2.45, 2.75) is 37.0 Å². The lowest BCUT2D eigenvalue weighted by molar-refractivity contribution is -0.116. The number of nitrogens with zero attached hydrogens (tertiary/aromatic N) is 1. The SMILES string of the molecule is CSc1ccc(C2C3=C(CCCC3=O)Nc3onc(C)c32)cc1. The van der Waals surface area contributed by atoms with Gasteiger partial charge in [0.2, 0.25) is 5.88 Å². The van der Waals surface area contributed by atoms with Gasteiger partial charge in [0.05, 0.1) is 11.3 Å². The first-order valence-electron chi connectivity index (χ1n) is 7.82. The lowest BCUT2D eigenvalue weighted by atomic mass is 9.76. The molecule has 0 amide bonds. The van der Waals surface area contributed by atoms with Crippen LogP contribution in [-0.2, 0) is 4.79 Å². The summed E-state index contributed by atoms with van der Waals surface area (Å²) in [5.41, 5.74) is 4.86. The molecule has 0 bridgehead atoms. The van der Waals surface area contributed by atoms with E-state index < -0.39 is 0 Å². The predicted octanol–water partition coefficient (Wildman–Crippen LogP) is 4.27. The maximum Gasteiger partial charge on any atom is 0.233 e. The Balaban J connectivity index is 1.90. The number of ketones is 1. The zero-order chi connectivity index (χ0) is 16.0. The van der Waals surface area contributed by atoms with E-state index in [1.165, 1.54) is 4.90 Å². The maximum atomic E-state index is 12.6. The highest BCUT2D eigenvalue weighted by molar-refractivity contribution is 7.98. The van der Waals surface area contributed by atoms with Gasteiger partial charge in [-0.25, -0.2) is 0 Å². The zero-order valence-corrected chi connectivity index (χ0v) is 14.0. The molecular weight excluding hydrogens is 308 g/mol. The number of aromatic nitrogens is 1. The molecular formula is C18H18N2O2S. The van der Waals surface area contributed by atoms with Gasteiger partial charge in [-0.2, -0.15) is 0 Å². The lowest BCUT2D eigenvalue weighted by Crippen LogP contribution is -2.26. The number of aryl methyl sites for hydroxylation is 1. The van der Waals surface area contributed by atoms with Gasteiger partial charge >= 0.3 is 0 Å². The standard InChI is InChI=1S/C18H18N2O2S/c1-10-15-16(11-6-8-12(23-2)9-7-11)17-13(4-3-5-14(17)21)19-18(15)22-20-10/h6-9,16,19H,3-5H2,1-2H3. The second-order valence-corrected chi connectivity index (χ2v) is 6.89. The molecule has 1 aromatic heterocycles. The Morgan fingerprint density at radius 3 is 2.78 bits per heavy atom. The number of carbonyl (C=O) groups is 1. The topological polar surface area (TPSA) is 55.1 Å². The summed E-state index contributed by atoms with van der Waals surface area (Å²) in [5, 5.41) is 7.41. The second kappa shape index (κ2) is 5.57. The van der Waals surface area contributed by atoms with E-state index in [9.17, 15) is 4.79 Å². The quantitative estimate of drug-likeness (QED) is 0.835. The first-order chi connectivity index (χ1) is 11.2. The molecule has 1 atom stereocenters. The van der Waals surface area contributed by atoms with Crippen LogP contribution in [0, 0.1) is 6.92 Å². The highest BCUT2D eigenvalue weighted by Gasteiger charge is 2.38. The minimum Gasteiger partial charge on any atom is -0.338 e. The van der Waals surface area contributed by atoms with Crippen LogP contribution >= 0.6 is 11.8 Å². The van der Waals surface area contributed by atoms with E-state index in [2.05, 4.69) is 41.0 Å². The van der Waals surface area contributed by atoms with Crippen molar-refractivity contribution in [3.63, 3.8) is 0 Å². The fourth-order valence-corrected chi connectivity index (χ4v) is 3.95. The Morgan fingerprint density at radius 2 is 2.04 bits per heavy atom.